The summed E-state index contributed by atoms with van der Waals surface area (Å²) in [6.45, 7) is 2.51. The van der Waals surface area contributed by atoms with Crippen molar-refractivity contribution in [1.82, 2.24) is 4.90 Å². The van der Waals surface area contributed by atoms with Gasteiger partial charge in [-0.05, 0) is 42.9 Å². The van der Waals surface area contributed by atoms with Crippen molar-refractivity contribution in [2.24, 2.45) is 0 Å². The van der Waals surface area contributed by atoms with Crippen LogP contribution in [0.15, 0.2) is 24.3 Å². The molecule has 0 saturated carbocycles. The van der Waals surface area contributed by atoms with Crippen LogP contribution in [-0.4, -0.2) is 25.0 Å². The maximum absolute atomic E-state index is 2.50. The minimum Gasteiger partial charge on any atom is -0.305 e. The van der Waals surface area contributed by atoms with Crippen LogP contribution in [0, 0.1) is 0 Å². The highest BCUT2D eigenvalue weighted by Crippen LogP contribution is 2.41. The van der Waals surface area contributed by atoms with Crippen LogP contribution in [-0.2, 0) is 0 Å². The summed E-state index contributed by atoms with van der Waals surface area (Å²) >= 11 is 0. The Hall–Kier alpha value is -0.820. The van der Waals surface area contributed by atoms with Gasteiger partial charge < -0.3 is 4.90 Å². The number of nitrogens with zero attached hydrogens (tertiary/aromatic N) is 1. The second-order valence-corrected chi connectivity index (χ2v) is 4.82. The minimum atomic E-state index is 0.801. The number of likely N-dealkylation sites (N-methyl/N-ethyl adjacent to an activating group) is 1. The normalized spacial score (nSPS) is 31.2. The van der Waals surface area contributed by atoms with E-state index in [1.54, 1.807) is 11.1 Å². The highest BCUT2D eigenvalue weighted by Gasteiger charge is 2.31. The monoisotopic (exact) mass is 187 g/mol. The molecule has 0 radical (unpaired) electrons. The molecule has 0 amide bonds. The summed E-state index contributed by atoms with van der Waals surface area (Å²) in [5.74, 6) is 1.60. The molecule has 0 spiro atoms. The summed E-state index contributed by atoms with van der Waals surface area (Å²) in [5.41, 5.74) is 3.27. The van der Waals surface area contributed by atoms with Gasteiger partial charge in [-0.15, -0.1) is 0 Å². The molecule has 1 fully saturated rings. The molecule has 3 aliphatic rings. The topological polar surface area (TPSA) is 3.24 Å². The summed E-state index contributed by atoms with van der Waals surface area (Å²) in [6.07, 6.45) is 2.79. The third kappa shape index (κ3) is 1.19. The third-order valence-electron chi connectivity index (χ3n) is 3.80. The Morgan fingerprint density at radius 1 is 1.00 bits per heavy atom. The zero-order valence-corrected chi connectivity index (χ0v) is 8.74. The molecule has 1 heteroatoms. The Kier molecular flexibility index (Phi) is 1.88. The van der Waals surface area contributed by atoms with Crippen LogP contribution in [0.5, 0.6) is 0 Å². The fourth-order valence-electron chi connectivity index (χ4n) is 3.17. The summed E-state index contributed by atoms with van der Waals surface area (Å²) < 4.78 is 0. The van der Waals surface area contributed by atoms with Gasteiger partial charge in [0.15, 0.2) is 0 Å². The lowest BCUT2D eigenvalue weighted by molar-refractivity contribution is 0.331. The van der Waals surface area contributed by atoms with Crippen LogP contribution in [0.1, 0.15) is 35.8 Å². The van der Waals surface area contributed by atoms with Crippen LogP contribution >= 0.6 is 0 Å². The number of hydrogen-bond acceptors (Lipinski definition) is 1. The first-order valence-electron chi connectivity index (χ1n) is 5.62. The Morgan fingerprint density at radius 3 is 2.00 bits per heavy atom. The zero-order chi connectivity index (χ0) is 9.54. The van der Waals surface area contributed by atoms with E-state index in [1.165, 1.54) is 25.9 Å². The van der Waals surface area contributed by atoms with Crippen LogP contribution in [0.2, 0.25) is 0 Å². The summed E-state index contributed by atoms with van der Waals surface area (Å²) in [7, 11) is 2.26. The van der Waals surface area contributed by atoms with E-state index < -0.39 is 0 Å². The van der Waals surface area contributed by atoms with Gasteiger partial charge in [0.05, 0.1) is 0 Å². The van der Waals surface area contributed by atoms with E-state index in [0.717, 1.165) is 11.8 Å². The van der Waals surface area contributed by atoms with Crippen molar-refractivity contribution in [2.75, 3.05) is 20.1 Å². The van der Waals surface area contributed by atoms with Crippen LogP contribution in [0.25, 0.3) is 0 Å². The predicted molar refractivity (Wildman–Crippen MR) is 58.7 cm³/mol. The van der Waals surface area contributed by atoms with Crippen molar-refractivity contribution < 1.29 is 0 Å². The van der Waals surface area contributed by atoms with E-state index >= 15 is 0 Å². The molecule has 2 bridgehead atoms. The average molecular weight is 187 g/mol. The Balaban J connectivity index is 2.11. The zero-order valence-electron chi connectivity index (χ0n) is 8.74. The standard InChI is InChI=1S/C13H17N/c1-14-8-10-6-7-11(9-14)13-5-3-2-4-12(10)13/h2-5,10-11H,6-9H2,1H3/t10-,11+. The molecule has 0 N–H and O–H groups in total. The number of rotatable bonds is 0. The van der Waals surface area contributed by atoms with E-state index in [0.29, 0.717) is 0 Å². The van der Waals surface area contributed by atoms with Gasteiger partial charge in [-0.1, -0.05) is 24.3 Å². The van der Waals surface area contributed by atoms with Gasteiger partial charge in [-0.2, -0.15) is 0 Å². The second-order valence-electron chi connectivity index (χ2n) is 4.82. The molecule has 1 aromatic carbocycles. The number of benzene rings is 1. The van der Waals surface area contributed by atoms with E-state index in [-0.39, 0.29) is 0 Å². The van der Waals surface area contributed by atoms with Gasteiger partial charge in [-0.3, -0.25) is 0 Å². The van der Waals surface area contributed by atoms with Gasteiger partial charge in [-0.25, -0.2) is 0 Å². The highest BCUT2D eigenvalue weighted by atomic mass is 15.1. The van der Waals surface area contributed by atoms with Crippen molar-refractivity contribution in [3.8, 4) is 0 Å². The maximum atomic E-state index is 2.50. The molecule has 4 rings (SSSR count). The largest absolute Gasteiger partial charge is 0.305 e. The molecule has 74 valence electrons. The van der Waals surface area contributed by atoms with Gasteiger partial charge in [0.2, 0.25) is 0 Å². The molecule has 0 unspecified atom stereocenters. The summed E-state index contributed by atoms with van der Waals surface area (Å²) in [6, 6.07) is 9.07. The molecule has 2 aliphatic heterocycles. The van der Waals surface area contributed by atoms with Crippen molar-refractivity contribution in [3.05, 3.63) is 35.4 Å². The second kappa shape index (κ2) is 3.09. The molecule has 1 aliphatic carbocycles. The quantitative estimate of drug-likeness (QED) is 0.603. The fraction of sp³-hybridized carbons (Fsp3) is 0.538. The van der Waals surface area contributed by atoms with Gasteiger partial charge in [0, 0.05) is 13.1 Å². The Morgan fingerprint density at radius 2 is 1.50 bits per heavy atom. The molecule has 1 aromatic rings. The first kappa shape index (κ1) is 8.49. The summed E-state index contributed by atoms with van der Waals surface area (Å²) in [4.78, 5) is 2.50. The molecule has 2 atom stereocenters. The van der Waals surface area contributed by atoms with E-state index in [4.69, 9.17) is 0 Å². The van der Waals surface area contributed by atoms with E-state index in [1.807, 2.05) is 0 Å². The fourth-order valence-corrected chi connectivity index (χ4v) is 3.17. The predicted octanol–water partition coefficient (Wildman–Crippen LogP) is 2.59. The number of fused-ring (bicyclic) bond motifs is 3. The molecule has 2 heterocycles. The lowest BCUT2D eigenvalue weighted by atomic mass is 9.78. The lowest BCUT2D eigenvalue weighted by Crippen LogP contribution is -2.22. The van der Waals surface area contributed by atoms with Crippen molar-refractivity contribution in [1.29, 1.82) is 0 Å². The molecule has 1 nitrogen and oxygen atoms in total. The smallest absolute Gasteiger partial charge is 0.00476 e. The van der Waals surface area contributed by atoms with Gasteiger partial charge >= 0.3 is 0 Å². The SMILES string of the molecule is CN1C[C@H]2CC[C@@H](C1)c1ccccc12. The Bertz CT molecular complexity index is 312. The van der Waals surface area contributed by atoms with Crippen molar-refractivity contribution >= 4 is 0 Å². The van der Waals surface area contributed by atoms with Crippen molar-refractivity contribution in [2.45, 2.75) is 24.7 Å². The van der Waals surface area contributed by atoms with Crippen LogP contribution in [0.4, 0.5) is 0 Å². The van der Waals surface area contributed by atoms with Crippen molar-refractivity contribution in [3.63, 3.8) is 0 Å². The van der Waals surface area contributed by atoms with Gasteiger partial charge in [0.1, 0.15) is 0 Å². The lowest BCUT2D eigenvalue weighted by Gasteiger charge is -2.26. The molecular formula is C13H17N. The van der Waals surface area contributed by atoms with Crippen LogP contribution in [0.3, 0.4) is 0 Å². The highest BCUT2D eigenvalue weighted by molar-refractivity contribution is 5.37. The Labute approximate surface area is 85.7 Å². The molecular weight excluding hydrogens is 170 g/mol. The van der Waals surface area contributed by atoms with Gasteiger partial charge in [0.25, 0.3) is 0 Å². The average Bonchev–Trinajstić information content (AvgIpc) is 2.47. The maximum Gasteiger partial charge on any atom is 0.00476 e. The first-order chi connectivity index (χ1) is 6.84. The molecule has 1 saturated heterocycles. The number of hydrogen-bond donors (Lipinski definition) is 0. The van der Waals surface area contributed by atoms with E-state index in [9.17, 15) is 0 Å². The first-order valence-corrected chi connectivity index (χ1v) is 5.62. The van der Waals surface area contributed by atoms with E-state index in [2.05, 4.69) is 36.2 Å². The summed E-state index contributed by atoms with van der Waals surface area (Å²) in [5, 5.41) is 0. The molecule has 0 aromatic heterocycles. The third-order valence-corrected chi connectivity index (χ3v) is 3.80. The minimum absolute atomic E-state index is 0.801. The van der Waals surface area contributed by atoms with Crippen LogP contribution < -0.4 is 0 Å². The molecule has 14 heavy (non-hydrogen) atoms.